The van der Waals surface area contributed by atoms with Gasteiger partial charge in [0.2, 0.25) is 10.0 Å². The Labute approximate surface area is 95.3 Å². The van der Waals surface area contributed by atoms with Crippen molar-refractivity contribution in [2.24, 2.45) is 0 Å². The minimum absolute atomic E-state index is 0.177. The maximum Gasteiger partial charge on any atom is 0.244 e. The lowest BCUT2D eigenvalue weighted by Gasteiger charge is -2.08. The highest BCUT2D eigenvalue weighted by molar-refractivity contribution is 7.89. The topological polar surface area (TPSA) is 92.4 Å². The number of nitrogens with one attached hydrogen (secondary N) is 1. The van der Waals surface area contributed by atoms with Gasteiger partial charge in [0.15, 0.2) is 0 Å². The zero-order chi connectivity index (χ0) is 12.2. The summed E-state index contributed by atoms with van der Waals surface area (Å²) in [6.45, 7) is 2.32. The molecule has 1 aromatic rings. The summed E-state index contributed by atoms with van der Waals surface area (Å²) in [7, 11) is -3.67. The van der Waals surface area contributed by atoms with E-state index in [-0.39, 0.29) is 10.6 Å². The van der Waals surface area contributed by atoms with E-state index in [1.807, 2.05) is 6.92 Å². The number of sulfonamides is 1. The third-order valence-corrected chi connectivity index (χ3v) is 3.59. The first-order chi connectivity index (χ1) is 7.47. The molecule has 0 aliphatic rings. The van der Waals surface area contributed by atoms with Crippen molar-refractivity contribution in [3.05, 3.63) is 18.2 Å². The molecule has 4 N–H and O–H groups in total. The van der Waals surface area contributed by atoms with E-state index in [1.54, 1.807) is 0 Å². The molecule has 0 aliphatic carbocycles. The van der Waals surface area contributed by atoms with Gasteiger partial charge in [0.1, 0.15) is 10.6 Å². The average Bonchev–Trinajstić information content (AvgIpc) is 2.22. The molecule has 0 saturated heterocycles. The first kappa shape index (κ1) is 12.8. The number of nitrogens with two attached hydrogens (primary N) is 1. The Morgan fingerprint density at radius 3 is 2.75 bits per heavy atom. The van der Waals surface area contributed by atoms with Gasteiger partial charge in [-0.1, -0.05) is 13.3 Å². The summed E-state index contributed by atoms with van der Waals surface area (Å²) in [5.41, 5.74) is 5.78. The number of rotatable bonds is 5. The Bertz CT molecular complexity index is 457. The van der Waals surface area contributed by atoms with Crippen LogP contribution in [0.2, 0.25) is 0 Å². The fraction of sp³-hybridized carbons (Fsp3) is 0.400. The van der Waals surface area contributed by atoms with Crippen molar-refractivity contribution in [3.63, 3.8) is 0 Å². The van der Waals surface area contributed by atoms with Crippen molar-refractivity contribution in [1.29, 1.82) is 0 Å². The van der Waals surface area contributed by atoms with Crippen molar-refractivity contribution in [1.82, 2.24) is 4.72 Å². The number of nitrogen functional groups attached to an aromatic ring is 1. The zero-order valence-electron chi connectivity index (χ0n) is 9.10. The molecule has 0 amide bonds. The SMILES string of the molecule is CCCCNS(=O)(=O)c1cc(N)ccc1O. The Hall–Kier alpha value is -1.27. The third-order valence-electron chi connectivity index (χ3n) is 2.10. The molecule has 6 heteroatoms. The lowest BCUT2D eigenvalue weighted by molar-refractivity contribution is 0.458. The monoisotopic (exact) mass is 244 g/mol. The summed E-state index contributed by atoms with van der Waals surface area (Å²) in [6.07, 6.45) is 1.65. The highest BCUT2D eigenvalue weighted by atomic mass is 32.2. The summed E-state index contributed by atoms with van der Waals surface area (Å²) in [5.74, 6) is -0.293. The van der Waals surface area contributed by atoms with Crippen LogP contribution in [0, 0.1) is 0 Å². The number of anilines is 1. The first-order valence-electron chi connectivity index (χ1n) is 5.05. The summed E-state index contributed by atoms with van der Waals surface area (Å²) < 4.78 is 25.9. The molecule has 0 unspecified atom stereocenters. The standard InChI is InChI=1S/C10H16N2O3S/c1-2-3-6-12-16(14,15)10-7-8(11)4-5-9(10)13/h4-5,7,12-13H,2-3,6,11H2,1H3. The molecule has 1 rings (SSSR count). The average molecular weight is 244 g/mol. The number of hydrogen-bond donors (Lipinski definition) is 3. The molecule has 0 heterocycles. The number of benzene rings is 1. The van der Waals surface area contributed by atoms with Crippen molar-refractivity contribution in [2.45, 2.75) is 24.7 Å². The molecule has 0 aromatic heterocycles. The molecule has 0 atom stereocenters. The lowest BCUT2D eigenvalue weighted by atomic mass is 10.3. The van der Waals surface area contributed by atoms with Crippen molar-refractivity contribution in [3.8, 4) is 5.75 Å². The smallest absolute Gasteiger partial charge is 0.244 e. The Morgan fingerprint density at radius 2 is 2.12 bits per heavy atom. The van der Waals surface area contributed by atoms with E-state index in [0.717, 1.165) is 12.8 Å². The second kappa shape index (κ2) is 5.18. The quantitative estimate of drug-likeness (QED) is 0.410. The molecular weight excluding hydrogens is 228 g/mol. The highest BCUT2D eigenvalue weighted by Gasteiger charge is 2.17. The van der Waals surface area contributed by atoms with Crippen LogP contribution in [0.25, 0.3) is 0 Å². The van der Waals surface area contributed by atoms with E-state index in [1.165, 1.54) is 18.2 Å². The van der Waals surface area contributed by atoms with E-state index in [4.69, 9.17) is 5.73 Å². The maximum absolute atomic E-state index is 11.8. The van der Waals surface area contributed by atoms with E-state index in [2.05, 4.69) is 4.72 Å². The Kier molecular flexibility index (Phi) is 4.14. The fourth-order valence-electron chi connectivity index (χ4n) is 1.21. The van der Waals surface area contributed by atoms with Crippen LogP contribution in [0.3, 0.4) is 0 Å². The van der Waals surface area contributed by atoms with Crippen LogP contribution in [0.4, 0.5) is 5.69 Å². The van der Waals surface area contributed by atoms with Gasteiger partial charge in [0.05, 0.1) is 0 Å². The molecule has 0 saturated carbocycles. The summed E-state index contributed by atoms with van der Waals surface area (Å²) in [6, 6.07) is 3.95. The molecular formula is C10H16N2O3S. The van der Waals surface area contributed by atoms with Crippen LogP contribution in [0.1, 0.15) is 19.8 Å². The van der Waals surface area contributed by atoms with Gasteiger partial charge >= 0.3 is 0 Å². The maximum atomic E-state index is 11.8. The third kappa shape index (κ3) is 3.11. The predicted octanol–water partition coefficient (Wildman–Crippen LogP) is 1.05. The van der Waals surface area contributed by atoms with Crippen LogP contribution >= 0.6 is 0 Å². The first-order valence-corrected chi connectivity index (χ1v) is 6.54. The van der Waals surface area contributed by atoms with Gasteiger partial charge in [-0.25, -0.2) is 13.1 Å². The largest absolute Gasteiger partial charge is 0.507 e. The van der Waals surface area contributed by atoms with Crippen LogP contribution < -0.4 is 10.5 Å². The Balaban J connectivity index is 2.93. The van der Waals surface area contributed by atoms with Gasteiger partial charge in [-0.3, -0.25) is 0 Å². The lowest BCUT2D eigenvalue weighted by Crippen LogP contribution is -2.24. The molecule has 0 aliphatic heterocycles. The fourth-order valence-corrected chi connectivity index (χ4v) is 2.41. The van der Waals surface area contributed by atoms with Gasteiger partial charge < -0.3 is 10.8 Å². The summed E-state index contributed by atoms with van der Waals surface area (Å²) in [4.78, 5) is -0.177. The van der Waals surface area contributed by atoms with E-state index in [9.17, 15) is 13.5 Å². The van der Waals surface area contributed by atoms with Crippen LogP contribution in [-0.2, 0) is 10.0 Å². The van der Waals surface area contributed by atoms with Crippen molar-refractivity contribution in [2.75, 3.05) is 12.3 Å². The molecule has 90 valence electrons. The van der Waals surface area contributed by atoms with Gasteiger partial charge in [-0.2, -0.15) is 0 Å². The van der Waals surface area contributed by atoms with Crippen LogP contribution in [0.5, 0.6) is 5.75 Å². The number of hydrogen-bond acceptors (Lipinski definition) is 4. The second-order valence-corrected chi connectivity index (χ2v) is 5.21. The number of phenolic OH excluding ortho intramolecular Hbond substituents is 1. The van der Waals surface area contributed by atoms with Crippen LogP contribution in [0.15, 0.2) is 23.1 Å². The van der Waals surface area contributed by atoms with E-state index in [0.29, 0.717) is 12.2 Å². The predicted molar refractivity (Wildman–Crippen MR) is 62.6 cm³/mol. The molecule has 5 nitrogen and oxygen atoms in total. The highest BCUT2D eigenvalue weighted by Crippen LogP contribution is 2.24. The zero-order valence-corrected chi connectivity index (χ0v) is 9.92. The Morgan fingerprint density at radius 1 is 1.44 bits per heavy atom. The van der Waals surface area contributed by atoms with Gasteiger partial charge in [-0.15, -0.1) is 0 Å². The molecule has 0 fully saturated rings. The van der Waals surface area contributed by atoms with Crippen molar-refractivity contribution >= 4 is 15.7 Å². The number of phenols is 1. The van der Waals surface area contributed by atoms with Crippen molar-refractivity contribution < 1.29 is 13.5 Å². The van der Waals surface area contributed by atoms with Crippen LogP contribution in [-0.4, -0.2) is 20.1 Å². The number of aromatic hydroxyl groups is 1. The van der Waals surface area contributed by atoms with Gasteiger partial charge in [0, 0.05) is 12.2 Å². The number of unbranched alkanes of at least 4 members (excludes halogenated alkanes) is 1. The molecule has 0 spiro atoms. The second-order valence-electron chi connectivity index (χ2n) is 3.48. The summed E-state index contributed by atoms with van der Waals surface area (Å²) in [5, 5.41) is 9.45. The molecule has 1 aromatic carbocycles. The molecule has 0 bridgehead atoms. The van der Waals surface area contributed by atoms with Gasteiger partial charge in [-0.05, 0) is 24.6 Å². The molecule has 16 heavy (non-hydrogen) atoms. The normalized spacial score (nSPS) is 11.6. The minimum atomic E-state index is -3.67. The van der Waals surface area contributed by atoms with E-state index < -0.39 is 10.0 Å². The molecule has 0 radical (unpaired) electrons. The van der Waals surface area contributed by atoms with Gasteiger partial charge in [0.25, 0.3) is 0 Å². The summed E-state index contributed by atoms with van der Waals surface area (Å²) >= 11 is 0. The van der Waals surface area contributed by atoms with E-state index >= 15 is 0 Å². The minimum Gasteiger partial charge on any atom is -0.507 e.